The molecular formula is C21H24N4O3. The number of benzene rings is 2. The number of hydrogen-bond donors (Lipinski definition) is 3. The zero-order chi connectivity index (χ0) is 20.1. The van der Waals surface area contributed by atoms with E-state index in [9.17, 15) is 14.4 Å². The number of amides is 4. The lowest BCUT2D eigenvalue weighted by molar-refractivity contribution is -0.119. The number of anilines is 3. The maximum absolute atomic E-state index is 12.7. The molecule has 2 aromatic rings. The molecule has 28 heavy (non-hydrogen) atoms. The van der Waals surface area contributed by atoms with Crippen molar-refractivity contribution in [1.29, 1.82) is 0 Å². The van der Waals surface area contributed by atoms with E-state index >= 15 is 0 Å². The van der Waals surface area contributed by atoms with Gasteiger partial charge in [-0.2, -0.15) is 0 Å². The van der Waals surface area contributed by atoms with E-state index in [-0.39, 0.29) is 17.8 Å². The summed E-state index contributed by atoms with van der Waals surface area (Å²) in [6.45, 7) is 3.93. The number of aryl methyl sites for hydroxylation is 1. The number of carbonyl (C=O) groups excluding carboxylic acids is 3. The van der Waals surface area contributed by atoms with Gasteiger partial charge in [-0.25, -0.2) is 4.79 Å². The van der Waals surface area contributed by atoms with Gasteiger partial charge in [-0.3, -0.25) is 9.59 Å². The minimum Gasteiger partial charge on any atom is -0.326 e. The van der Waals surface area contributed by atoms with Crippen molar-refractivity contribution in [3.8, 4) is 0 Å². The van der Waals surface area contributed by atoms with Crippen molar-refractivity contribution in [1.82, 2.24) is 4.90 Å². The number of rotatable bonds is 4. The van der Waals surface area contributed by atoms with Crippen LogP contribution in [0.2, 0.25) is 0 Å². The van der Waals surface area contributed by atoms with Crippen molar-refractivity contribution in [2.45, 2.75) is 32.7 Å². The Morgan fingerprint density at radius 3 is 2.25 bits per heavy atom. The summed E-state index contributed by atoms with van der Waals surface area (Å²) in [5.41, 5.74) is 3.04. The lowest BCUT2D eigenvalue weighted by Gasteiger charge is -2.24. The molecule has 7 heteroatoms. The predicted molar refractivity (Wildman–Crippen MR) is 109 cm³/mol. The van der Waals surface area contributed by atoms with Crippen molar-refractivity contribution in [3.05, 3.63) is 54.1 Å². The monoisotopic (exact) mass is 380 g/mol. The fraction of sp³-hybridized carbons (Fsp3) is 0.286. The molecule has 1 aliphatic rings. The summed E-state index contributed by atoms with van der Waals surface area (Å²) >= 11 is 0. The van der Waals surface area contributed by atoms with Crippen LogP contribution in [0.25, 0.3) is 0 Å². The lowest BCUT2D eigenvalue weighted by atomic mass is 10.2. The highest BCUT2D eigenvalue weighted by Gasteiger charge is 2.34. The summed E-state index contributed by atoms with van der Waals surface area (Å²) in [5.74, 6) is -0.373. The molecule has 1 unspecified atom stereocenters. The van der Waals surface area contributed by atoms with Gasteiger partial charge in [-0.1, -0.05) is 12.1 Å². The van der Waals surface area contributed by atoms with E-state index in [4.69, 9.17) is 0 Å². The van der Waals surface area contributed by atoms with Crippen LogP contribution in [0.15, 0.2) is 48.5 Å². The van der Waals surface area contributed by atoms with Crippen LogP contribution in [0.3, 0.4) is 0 Å². The topological polar surface area (TPSA) is 90.5 Å². The van der Waals surface area contributed by atoms with Gasteiger partial charge in [0.1, 0.15) is 6.04 Å². The normalized spacial score (nSPS) is 15.8. The minimum absolute atomic E-state index is 0.155. The van der Waals surface area contributed by atoms with E-state index in [0.29, 0.717) is 30.0 Å². The first-order valence-electron chi connectivity index (χ1n) is 9.25. The van der Waals surface area contributed by atoms with Crippen LogP contribution in [-0.2, 0) is 9.59 Å². The average molecular weight is 380 g/mol. The van der Waals surface area contributed by atoms with Gasteiger partial charge in [-0.15, -0.1) is 0 Å². The Morgan fingerprint density at radius 1 is 0.929 bits per heavy atom. The van der Waals surface area contributed by atoms with Crippen LogP contribution in [0.5, 0.6) is 0 Å². The van der Waals surface area contributed by atoms with Crippen LogP contribution in [0, 0.1) is 6.92 Å². The fourth-order valence-electron chi connectivity index (χ4n) is 3.27. The molecule has 2 aromatic carbocycles. The first-order valence-corrected chi connectivity index (χ1v) is 9.25. The maximum atomic E-state index is 12.7. The van der Waals surface area contributed by atoms with Crippen LogP contribution < -0.4 is 16.0 Å². The van der Waals surface area contributed by atoms with Crippen LogP contribution in [-0.4, -0.2) is 35.3 Å². The zero-order valence-electron chi connectivity index (χ0n) is 16.0. The van der Waals surface area contributed by atoms with Gasteiger partial charge < -0.3 is 20.9 Å². The Labute approximate surface area is 164 Å². The smallest absolute Gasteiger partial charge is 0.322 e. The Balaban J connectivity index is 1.62. The number of likely N-dealkylation sites (tertiary alicyclic amines) is 1. The quantitative estimate of drug-likeness (QED) is 0.757. The van der Waals surface area contributed by atoms with Crippen LogP contribution in [0.1, 0.15) is 25.3 Å². The molecule has 0 bridgehead atoms. The van der Waals surface area contributed by atoms with Gasteiger partial charge in [0.05, 0.1) is 0 Å². The van der Waals surface area contributed by atoms with E-state index in [1.807, 2.05) is 31.2 Å². The third kappa shape index (κ3) is 4.88. The second kappa shape index (κ2) is 8.56. The molecule has 0 aromatic heterocycles. The molecule has 1 fully saturated rings. The van der Waals surface area contributed by atoms with Crippen molar-refractivity contribution in [2.24, 2.45) is 0 Å². The minimum atomic E-state index is -0.514. The SMILES string of the molecule is CC(=O)Nc1ccc(NC(=O)C2CCCN2C(=O)Nc2cccc(C)c2)cc1. The van der Waals surface area contributed by atoms with Crippen molar-refractivity contribution < 1.29 is 14.4 Å². The Hall–Kier alpha value is -3.35. The Morgan fingerprint density at radius 2 is 1.61 bits per heavy atom. The molecule has 3 rings (SSSR count). The molecule has 1 heterocycles. The molecule has 4 amide bonds. The van der Waals surface area contributed by atoms with Gasteiger partial charge in [0.25, 0.3) is 0 Å². The van der Waals surface area contributed by atoms with E-state index < -0.39 is 6.04 Å². The summed E-state index contributed by atoms with van der Waals surface area (Å²) in [6.07, 6.45) is 1.40. The highest BCUT2D eigenvalue weighted by molar-refractivity contribution is 5.99. The van der Waals surface area contributed by atoms with E-state index in [0.717, 1.165) is 12.0 Å². The first kappa shape index (κ1) is 19.4. The van der Waals surface area contributed by atoms with Gasteiger partial charge in [0.2, 0.25) is 11.8 Å². The molecule has 1 aliphatic heterocycles. The number of nitrogens with zero attached hydrogens (tertiary/aromatic N) is 1. The molecule has 0 radical (unpaired) electrons. The number of nitrogens with one attached hydrogen (secondary N) is 3. The molecule has 0 aliphatic carbocycles. The summed E-state index contributed by atoms with van der Waals surface area (Å²) in [6, 6.07) is 13.6. The molecule has 0 saturated carbocycles. The number of urea groups is 1. The molecule has 1 atom stereocenters. The largest absolute Gasteiger partial charge is 0.326 e. The highest BCUT2D eigenvalue weighted by atomic mass is 16.2. The summed E-state index contributed by atoms with van der Waals surface area (Å²) in [7, 11) is 0. The first-order chi connectivity index (χ1) is 13.4. The molecule has 3 N–H and O–H groups in total. The summed E-state index contributed by atoms with van der Waals surface area (Å²) in [5, 5.41) is 8.39. The standard InChI is InChI=1S/C21H24N4O3/c1-14-5-3-6-18(13-14)24-21(28)25-12-4-7-19(25)20(27)23-17-10-8-16(9-11-17)22-15(2)26/h3,5-6,8-11,13,19H,4,7,12H2,1-2H3,(H,22,26)(H,23,27)(H,24,28). The van der Waals surface area contributed by atoms with E-state index in [1.54, 1.807) is 29.2 Å². The highest BCUT2D eigenvalue weighted by Crippen LogP contribution is 2.22. The molecular weight excluding hydrogens is 356 g/mol. The van der Waals surface area contributed by atoms with E-state index in [2.05, 4.69) is 16.0 Å². The fourth-order valence-corrected chi connectivity index (χ4v) is 3.27. The molecule has 0 spiro atoms. The summed E-state index contributed by atoms with van der Waals surface area (Å²) < 4.78 is 0. The maximum Gasteiger partial charge on any atom is 0.322 e. The van der Waals surface area contributed by atoms with E-state index in [1.165, 1.54) is 6.92 Å². The second-order valence-corrected chi connectivity index (χ2v) is 6.90. The molecule has 1 saturated heterocycles. The third-order valence-corrected chi connectivity index (χ3v) is 4.56. The van der Waals surface area contributed by atoms with Gasteiger partial charge in [0, 0.05) is 30.5 Å². The average Bonchev–Trinajstić information content (AvgIpc) is 3.13. The third-order valence-electron chi connectivity index (χ3n) is 4.56. The number of carbonyl (C=O) groups is 3. The Bertz CT molecular complexity index is 879. The summed E-state index contributed by atoms with van der Waals surface area (Å²) in [4.78, 5) is 38.0. The van der Waals surface area contributed by atoms with Crippen LogP contribution >= 0.6 is 0 Å². The van der Waals surface area contributed by atoms with Gasteiger partial charge in [-0.05, 0) is 61.7 Å². The molecule has 7 nitrogen and oxygen atoms in total. The zero-order valence-corrected chi connectivity index (χ0v) is 16.0. The molecule has 146 valence electrons. The van der Waals surface area contributed by atoms with Crippen molar-refractivity contribution in [3.63, 3.8) is 0 Å². The van der Waals surface area contributed by atoms with Crippen LogP contribution in [0.4, 0.5) is 21.9 Å². The second-order valence-electron chi connectivity index (χ2n) is 6.90. The Kier molecular flexibility index (Phi) is 5.93. The number of hydrogen-bond acceptors (Lipinski definition) is 3. The lowest BCUT2D eigenvalue weighted by Crippen LogP contribution is -2.45. The predicted octanol–water partition coefficient (Wildman–Crippen LogP) is 3.59. The van der Waals surface area contributed by atoms with Gasteiger partial charge in [0.15, 0.2) is 0 Å². The van der Waals surface area contributed by atoms with Crippen molar-refractivity contribution in [2.75, 3.05) is 22.5 Å². The van der Waals surface area contributed by atoms with Crippen molar-refractivity contribution >= 4 is 34.9 Å². The van der Waals surface area contributed by atoms with Gasteiger partial charge >= 0.3 is 6.03 Å².